The van der Waals surface area contributed by atoms with Crippen LogP contribution >= 0.6 is 0 Å². The van der Waals surface area contributed by atoms with Crippen molar-refractivity contribution in [2.45, 2.75) is 12.1 Å². The first-order valence-corrected chi connectivity index (χ1v) is 7.43. The molecule has 2 aliphatic heterocycles. The first-order valence-electron chi connectivity index (χ1n) is 7.43. The number of carbonyl (C=O) groups excluding carboxylic acids is 1. The highest BCUT2D eigenvalue weighted by atomic mass is 19.4. The lowest BCUT2D eigenvalue weighted by Crippen LogP contribution is -2.67. The molecule has 130 valence electrons. The van der Waals surface area contributed by atoms with Crippen LogP contribution in [0.4, 0.5) is 13.2 Å². The Balaban J connectivity index is 1.60. The number of alkyl halides is 3. The minimum Gasteiger partial charge on any atom is -0.462 e. The predicted octanol–water partition coefficient (Wildman–Crippen LogP) is 3.10. The Morgan fingerprint density at radius 1 is 1.04 bits per heavy atom. The van der Waals surface area contributed by atoms with Crippen molar-refractivity contribution in [3.05, 3.63) is 48.0 Å². The van der Waals surface area contributed by atoms with Crippen molar-refractivity contribution >= 4 is 5.91 Å². The maximum atomic E-state index is 12.3. The highest BCUT2D eigenvalue weighted by molar-refractivity contribution is 5.99. The smallest absolute Gasteiger partial charge is 0.462 e. The van der Waals surface area contributed by atoms with E-state index in [0.717, 1.165) is 0 Å². The normalized spacial score (nSPS) is 18.0. The number of rotatable bonds is 2. The zero-order valence-corrected chi connectivity index (χ0v) is 12.7. The number of carbonyl (C=O) groups is 1. The van der Waals surface area contributed by atoms with E-state index in [0.29, 0.717) is 35.7 Å². The van der Waals surface area contributed by atoms with Gasteiger partial charge in [0.15, 0.2) is 0 Å². The van der Waals surface area contributed by atoms with Gasteiger partial charge in [0.25, 0.3) is 5.91 Å². The molecule has 1 fully saturated rings. The van der Waals surface area contributed by atoms with Crippen molar-refractivity contribution in [3.8, 4) is 22.6 Å². The molecule has 0 aromatic heterocycles. The molecular formula is C17H12F3NO4. The molecule has 0 atom stereocenters. The van der Waals surface area contributed by atoms with Crippen LogP contribution < -0.4 is 14.8 Å². The molecule has 0 saturated carbocycles. The van der Waals surface area contributed by atoms with Gasteiger partial charge in [0.2, 0.25) is 5.72 Å². The van der Waals surface area contributed by atoms with Gasteiger partial charge < -0.3 is 19.5 Å². The standard InChI is InChI=1S/C17H12F3NO4/c18-17(19,20)24-12-4-1-10(2-5-12)11-3-6-14-13(7-11)15(22)21-16(25-14)8-23-9-16/h1-7H,8-9H2,(H,21,22). The fraction of sp³-hybridized carbons (Fsp3) is 0.235. The topological polar surface area (TPSA) is 56.8 Å². The van der Waals surface area contributed by atoms with Gasteiger partial charge in [-0.3, -0.25) is 4.79 Å². The fourth-order valence-corrected chi connectivity index (χ4v) is 2.75. The van der Waals surface area contributed by atoms with Crippen molar-refractivity contribution in [1.82, 2.24) is 5.32 Å². The Bertz CT molecular complexity index is 829. The third kappa shape index (κ3) is 3.00. The van der Waals surface area contributed by atoms with Crippen LogP contribution in [0.2, 0.25) is 0 Å². The molecule has 1 saturated heterocycles. The number of amides is 1. The van der Waals surface area contributed by atoms with Crippen LogP contribution in [0.5, 0.6) is 11.5 Å². The van der Waals surface area contributed by atoms with Crippen molar-refractivity contribution in [2.24, 2.45) is 0 Å². The average molecular weight is 351 g/mol. The van der Waals surface area contributed by atoms with E-state index in [9.17, 15) is 18.0 Å². The summed E-state index contributed by atoms with van der Waals surface area (Å²) in [6, 6.07) is 10.5. The van der Waals surface area contributed by atoms with Crippen molar-refractivity contribution in [2.75, 3.05) is 13.2 Å². The van der Waals surface area contributed by atoms with Gasteiger partial charge in [-0.15, -0.1) is 13.2 Å². The third-order valence-electron chi connectivity index (χ3n) is 3.96. The minimum atomic E-state index is -4.73. The van der Waals surface area contributed by atoms with Gasteiger partial charge in [-0.05, 0) is 35.4 Å². The quantitative estimate of drug-likeness (QED) is 0.903. The molecule has 0 bridgehead atoms. The van der Waals surface area contributed by atoms with Crippen molar-refractivity contribution in [3.63, 3.8) is 0 Å². The number of fused-ring (bicyclic) bond motifs is 1. The summed E-state index contributed by atoms with van der Waals surface area (Å²) in [5.41, 5.74) is 0.905. The molecule has 2 aliphatic rings. The molecule has 0 aliphatic carbocycles. The molecule has 2 aromatic carbocycles. The van der Waals surface area contributed by atoms with Gasteiger partial charge in [-0.1, -0.05) is 18.2 Å². The van der Waals surface area contributed by atoms with Gasteiger partial charge in [0, 0.05) is 0 Å². The van der Waals surface area contributed by atoms with Crippen LogP contribution in [0, 0.1) is 0 Å². The SMILES string of the molecule is O=C1NC2(COC2)Oc2ccc(-c3ccc(OC(F)(F)F)cc3)cc21. The molecule has 1 amide bonds. The Morgan fingerprint density at radius 2 is 1.72 bits per heavy atom. The minimum absolute atomic E-state index is 0.275. The van der Waals surface area contributed by atoms with Crippen LogP contribution in [0.3, 0.4) is 0 Å². The Hall–Kier alpha value is -2.74. The first kappa shape index (κ1) is 15.8. The van der Waals surface area contributed by atoms with E-state index in [1.807, 2.05) is 0 Å². The number of hydrogen-bond donors (Lipinski definition) is 1. The molecule has 25 heavy (non-hydrogen) atoms. The summed E-state index contributed by atoms with van der Waals surface area (Å²) in [6.45, 7) is 0.585. The number of ether oxygens (including phenoxy) is 3. The molecular weight excluding hydrogens is 339 g/mol. The van der Waals surface area contributed by atoms with Crippen molar-refractivity contribution in [1.29, 1.82) is 0 Å². The van der Waals surface area contributed by atoms with Crippen LogP contribution in [0.1, 0.15) is 10.4 Å². The number of halogens is 3. The Morgan fingerprint density at radius 3 is 2.32 bits per heavy atom. The van der Waals surface area contributed by atoms with Crippen LogP contribution in [-0.4, -0.2) is 31.2 Å². The van der Waals surface area contributed by atoms with Crippen LogP contribution in [0.25, 0.3) is 11.1 Å². The number of benzene rings is 2. The largest absolute Gasteiger partial charge is 0.573 e. The summed E-state index contributed by atoms with van der Waals surface area (Å²) in [4.78, 5) is 12.3. The maximum absolute atomic E-state index is 12.3. The van der Waals surface area contributed by atoms with Crippen LogP contribution in [0.15, 0.2) is 42.5 Å². The van der Waals surface area contributed by atoms with Gasteiger partial charge in [-0.2, -0.15) is 0 Å². The lowest BCUT2D eigenvalue weighted by molar-refractivity contribution is -0.274. The van der Waals surface area contributed by atoms with E-state index in [1.54, 1.807) is 18.2 Å². The fourth-order valence-electron chi connectivity index (χ4n) is 2.75. The molecule has 0 unspecified atom stereocenters. The second-order valence-corrected chi connectivity index (χ2v) is 5.83. The summed E-state index contributed by atoms with van der Waals surface area (Å²) in [5.74, 6) is -0.126. The molecule has 5 nitrogen and oxygen atoms in total. The van der Waals surface area contributed by atoms with E-state index in [-0.39, 0.29) is 11.7 Å². The average Bonchev–Trinajstić information content (AvgIpc) is 2.52. The van der Waals surface area contributed by atoms with Gasteiger partial charge in [-0.25, -0.2) is 0 Å². The van der Waals surface area contributed by atoms with E-state index in [1.165, 1.54) is 24.3 Å². The summed E-state index contributed by atoms with van der Waals surface area (Å²) in [6.07, 6.45) is -4.73. The highest BCUT2D eigenvalue weighted by Gasteiger charge is 2.46. The number of hydrogen-bond acceptors (Lipinski definition) is 4. The summed E-state index contributed by atoms with van der Waals surface area (Å²) in [7, 11) is 0. The molecule has 0 radical (unpaired) electrons. The lowest BCUT2D eigenvalue weighted by Gasteiger charge is -2.44. The maximum Gasteiger partial charge on any atom is 0.573 e. The second kappa shape index (κ2) is 5.38. The summed E-state index contributed by atoms with van der Waals surface area (Å²) >= 11 is 0. The molecule has 2 heterocycles. The molecule has 1 spiro atoms. The van der Waals surface area contributed by atoms with E-state index in [2.05, 4.69) is 10.1 Å². The van der Waals surface area contributed by atoms with E-state index < -0.39 is 12.1 Å². The summed E-state index contributed by atoms with van der Waals surface area (Å²) < 4.78 is 51.3. The zero-order chi connectivity index (χ0) is 17.7. The Labute approximate surface area is 140 Å². The number of nitrogens with one attached hydrogen (secondary N) is 1. The summed E-state index contributed by atoms with van der Waals surface area (Å²) in [5, 5.41) is 2.77. The third-order valence-corrected chi connectivity index (χ3v) is 3.96. The molecule has 1 N–H and O–H groups in total. The zero-order valence-electron chi connectivity index (χ0n) is 12.7. The van der Waals surface area contributed by atoms with E-state index >= 15 is 0 Å². The predicted molar refractivity (Wildman–Crippen MR) is 80.2 cm³/mol. The highest BCUT2D eigenvalue weighted by Crippen LogP contribution is 2.35. The van der Waals surface area contributed by atoms with Gasteiger partial charge >= 0.3 is 6.36 Å². The molecule has 8 heteroatoms. The molecule has 4 rings (SSSR count). The molecule has 2 aromatic rings. The monoisotopic (exact) mass is 351 g/mol. The first-order chi connectivity index (χ1) is 11.8. The van der Waals surface area contributed by atoms with Crippen molar-refractivity contribution < 1.29 is 32.2 Å². The second-order valence-electron chi connectivity index (χ2n) is 5.83. The van der Waals surface area contributed by atoms with Crippen LogP contribution in [-0.2, 0) is 4.74 Å². The Kier molecular flexibility index (Phi) is 3.40. The van der Waals surface area contributed by atoms with Gasteiger partial charge in [0.05, 0.1) is 5.56 Å². The van der Waals surface area contributed by atoms with E-state index in [4.69, 9.17) is 9.47 Å². The van der Waals surface area contributed by atoms with Gasteiger partial charge in [0.1, 0.15) is 24.7 Å². The lowest BCUT2D eigenvalue weighted by atomic mass is 9.99.